The van der Waals surface area contributed by atoms with Gasteiger partial charge in [0.1, 0.15) is 24.4 Å². The number of nitrogens with zero attached hydrogens (tertiary/aromatic N) is 4. The smallest absolute Gasteiger partial charge is 0.280 e. The summed E-state index contributed by atoms with van der Waals surface area (Å²) in [7, 11) is 0. The lowest BCUT2D eigenvalue weighted by atomic mass is 10.2. The first-order valence-electron chi connectivity index (χ1n) is 9.26. The third kappa shape index (κ3) is 5.22. The number of aryl methyl sites for hydroxylation is 1. The van der Waals surface area contributed by atoms with Crippen LogP contribution in [0.1, 0.15) is 27.4 Å². The molecule has 0 aliphatic heterocycles. The molecule has 1 amide bonds. The highest BCUT2D eigenvalue weighted by Crippen LogP contribution is 2.20. The van der Waals surface area contributed by atoms with Gasteiger partial charge in [0, 0.05) is 10.0 Å². The summed E-state index contributed by atoms with van der Waals surface area (Å²) in [5, 5.41) is 12.0. The van der Waals surface area contributed by atoms with Crippen LogP contribution in [0.2, 0.25) is 10.0 Å². The lowest BCUT2D eigenvalue weighted by Gasteiger charge is -2.06. The maximum atomic E-state index is 12.7. The number of nitrogens with one attached hydrogen (secondary N) is 1. The van der Waals surface area contributed by atoms with Gasteiger partial charge in [-0.15, -0.1) is 5.10 Å². The number of amides is 1. The van der Waals surface area contributed by atoms with Crippen molar-refractivity contribution in [1.82, 2.24) is 19.9 Å². The number of carbonyl (C=O) groups is 1. The molecule has 4 rings (SSSR count). The summed E-state index contributed by atoms with van der Waals surface area (Å²) in [6.45, 7) is 2.28. The van der Waals surface area contributed by atoms with Crippen molar-refractivity contribution in [2.45, 2.75) is 20.1 Å². The summed E-state index contributed by atoms with van der Waals surface area (Å²) in [4.78, 5) is 16.8. The van der Waals surface area contributed by atoms with E-state index in [0.717, 1.165) is 5.56 Å². The molecule has 2 aromatic carbocycles. The molecule has 10 heteroatoms. The summed E-state index contributed by atoms with van der Waals surface area (Å²) >= 11 is 11.9. The second-order valence-electron chi connectivity index (χ2n) is 6.66. The standard InChI is InChI=1S/C21H17Cl2N5O3/c1-13-18(11-30-17-7-5-15(22)6-8-17)19(27-31-13)20(29)25-21-24-12-28(26-21)10-14-3-2-4-16(23)9-14/h2-9,12H,10-11H2,1H3,(H,25,26,29). The molecule has 0 fully saturated rings. The SMILES string of the molecule is Cc1onc(C(=O)Nc2ncn(Cc3cccc(Cl)c3)n2)c1COc1ccc(Cl)cc1. The molecule has 1 N–H and O–H groups in total. The molecule has 0 unspecified atom stereocenters. The first-order valence-corrected chi connectivity index (χ1v) is 10.0. The highest BCUT2D eigenvalue weighted by molar-refractivity contribution is 6.30. The summed E-state index contributed by atoms with van der Waals surface area (Å²) in [5.74, 6) is 0.751. The number of anilines is 1. The minimum Gasteiger partial charge on any atom is -0.489 e. The van der Waals surface area contributed by atoms with E-state index < -0.39 is 5.91 Å². The van der Waals surface area contributed by atoms with E-state index in [2.05, 4.69) is 20.6 Å². The molecule has 0 bridgehead atoms. The fourth-order valence-electron chi connectivity index (χ4n) is 2.84. The summed E-state index contributed by atoms with van der Waals surface area (Å²) in [6, 6.07) is 14.3. The molecule has 0 saturated carbocycles. The maximum absolute atomic E-state index is 12.7. The zero-order chi connectivity index (χ0) is 21.8. The fraction of sp³-hybridized carbons (Fsp3) is 0.143. The van der Waals surface area contributed by atoms with Crippen LogP contribution in [-0.4, -0.2) is 25.8 Å². The molecule has 31 heavy (non-hydrogen) atoms. The van der Waals surface area contributed by atoms with E-state index in [4.69, 9.17) is 32.5 Å². The van der Waals surface area contributed by atoms with Gasteiger partial charge >= 0.3 is 0 Å². The van der Waals surface area contributed by atoms with Crippen molar-refractivity contribution in [2.75, 3.05) is 5.32 Å². The molecule has 0 radical (unpaired) electrons. The van der Waals surface area contributed by atoms with Crippen LogP contribution in [0, 0.1) is 6.92 Å². The molecular weight excluding hydrogens is 441 g/mol. The van der Waals surface area contributed by atoms with Crippen molar-refractivity contribution in [1.29, 1.82) is 0 Å². The van der Waals surface area contributed by atoms with Gasteiger partial charge in [-0.2, -0.15) is 0 Å². The van der Waals surface area contributed by atoms with Crippen LogP contribution in [0.3, 0.4) is 0 Å². The first kappa shape index (κ1) is 20.9. The van der Waals surface area contributed by atoms with E-state index in [1.165, 1.54) is 6.33 Å². The van der Waals surface area contributed by atoms with E-state index in [1.807, 2.05) is 18.2 Å². The van der Waals surface area contributed by atoms with Gasteiger partial charge in [0.2, 0.25) is 5.95 Å². The van der Waals surface area contributed by atoms with E-state index >= 15 is 0 Å². The number of rotatable bonds is 7. The van der Waals surface area contributed by atoms with Gasteiger partial charge in [-0.05, 0) is 48.9 Å². The first-order chi connectivity index (χ1) is 15.0. The minimum absolute atomic E-state index is 0.107. The number of benzene rings is 2. The van der Waals surface area contributed by atoms with Gasteiger partial charge in [0.05, 0.1) is 12.1 Å². The van der Waals surface area contributed by atoms with E-state index in [0.29, 0.717) is 33.7 Å². The normalized spacial score (nSPS) is 10.8. The Balaban J connectivity index is 1.42. The zero-order valence-electron chi connectivity index (χ0n) is 16.4. The predicted molar refractivity (Wildman–Crippen MR) is 116 cm³/mol. The molecule has 158 valence electrons. The van der Waals surface area contributed by atoms with Crippen LogP contribution in [-0.2, 0) is 13.2 Å². The average molecular weight is 458 g/mol. The van der Waals surface area contributed by atoms with E-state index in [1.54, 1.807) is 41.9 Å². The number of ether oxygens (including phenoxy) is 1. The lowest BCUT2D eigenvalue weighted by molar-refractivity contribution is 0.101. The van der Waals surface area contributed by atoms with Gasteiger partial charge in [-0.3, -0.25) is 10.1 Å². The summed E-state index contributed by atoms with van der Waals surface area (Å²) in [5.41, 5.74) is 1.60. The van der Waals surface area contributed by atoms with Crippen LogP contribution in [0.25, 0.3) is 0 Å². The second kappa shape index (κ2) is 9.20. The van der Waals surface area contributed by atoms with Gasteiger partial charge in [-0.25, -0.2) is 9.67 Å². The average Bonchev–Trinajstić information content (AvgIpc) is 3.33. The van der Waals surface area contributed by atoms with Crippen LogP contribution >= 0.6 is 23.2 Å². The Kier molecular flexibility index (Phi) is 6.20. The summed E-state index contributed by atoms with van der Waals surface area (Å²) < 4.78 is 12.5. The fourth-order valence-corrected chi connectivity index (χ4v) is 3.18. The second-order valence-corrected chi connectivity index (χ2v) is 7.53. The highest BCUT2D eigenvalue weighted by atomic mass is 35.5. The van der Waals surface area contributed by atoms with Crippen molar-refractivity contribution < 1.29 is 14.1 Å². The third-order valence-corrected chi connectivity index (χ3v) is 4.88. The maximum Gasteiger partial charge on any atom is 0.280 e. The van der Waals surface area contributed by atoms with E-state index in [-0.39, 0.29) is 18.2 Å². The Morgan fingerprint density at radius 1 is 1.16 bits per heavy atom. The summed E-state index contributed by atoms with van der Waals surface area (Å²) in [6.07, 6.45) is 1.52. The number of hydrogen-bond donors (Lipinski definition) is 1. The molecule has 0 aliphatic carbocycles. The molecule has 2 heterocycles. The number of aromatic nitrogens is 4. The molecule has 2 aromatic heterocycles. The van der Waals surface area contributed by atoms with Crippen molar-refractivity contribution in [3.8, 4) is 5.75 Å². The zero-order valence-corrected chi connectivity index (χ0v) is 17.9. The van der Waals surface area contributed by atoms with Crippen LogP contribution in [0.5, 0.6) is 5.75 Å². The van der Waals surface area contributed by atoms with Crippen molar-refractivity contribution in [3.63, 3.8) is 0 Å². The Labute approximate surface area is 187 Å². The lowest BCUT2D eigenvalue weighted by Crippen LogP contribution is -2.16. The van der Waals surface area contributed by atoms with Gasteiger partial charge in [0.15, 0.2) is 5.69 Å². The molecule has 4 aromatic rings. The Morgan fingerprint density at radius 2 is 1.97 bits per heavy atom. The van der Waals surface area contributed by atoms with Gasteiger partial charge in [-0.1, -0.05) is 40.5 Å². The van der Waals surface area contributed by atoms with Crippen LogP contribution in [0.15, 0.2) is 59.4 Å². The predicted octanol–water partition coefficient (Wildman–Crippen LogP) is 4.76. The van der Waals surface area contributed by atoms with Crippen molar-refractivity contribution in [3.05, 3.63) is 87.5 Å². The topological polar surface area (TPSA) is 95.1 Å². The number of hydrogen-bond acceptors (Lipinski definition) is 6. The minimum atomic E-state index is -0.493. The molecule has 0 aliphatic rings. The van der Waals surface area contributed by atoms with Crippen molar-refractivity contribution >= 4 is 35.1 Å². The molecule has 0 atom stereocenters. The van der Waals surface area contributed by atoms with E-state index in [9.17, 15) is 4.79 Å². The van der Waals surface area contributed by atoms with Crippen LogP contribution in [0.4, 0.5) is 5.95 Å². The molecule has 0 spiro atoms. The molecular formula is C21H17Cl2N5O3. The Bertz CT molecular complexity index is 1200. The van der Waals surface area contributed by atoms with Gasteiger partial charge in [0.25, 0.3) is 5.91 Å². The van der Waals surface area contributed by atoms with Gasteiger partial charge < -0.3 is 9.26 Å². The Hall–Kier alpha value is -3.36. The molecule has 0 saturated heterocycles. The number of halogens is 2. The third-order valence-electron chi connectivity index (χ3n) is 4.39. The largest absolute Gasteiger partial charge is 0.489 e. The quantitative estimate of drug-likeness (QED) is 0.429. The Morgan fingerprint density at radius 3 is 2.74 bits per heavy atom. The molecule has 8 nitrogen and oxygen atoms in total. The highest BCUT2D eigenvalue weighted by Gasteiger charge is 2.21. The monoisotopic (exact) mass is 457 g/mol. The van der Waals surface area contributed by atoms with Crippen molar-refractivity contribution in [2.24, 2.45) is 0 Å². The number of carbonyl (C=O) groups excluding carboxylic acids is 1. The van der Waals surface area contributed by atoms with Crippen LogP contribution < -0.4 is 10.1 Å².